The first-order valence-corrected chi connectivity index (χ1v) is 14.2. The van der Waals surface area contributed by atoms with E-state index < -0.39 is 0 Å². The second kappa shape index (κ2) is 12.0. The Labute approximate surface area is 231 Å². The lowest BCUT2D eigenvalue weighted by Gasteiger charge is -2.17. The largest absolute Gasteiger partial charge is 0.315 e. The number of rotatable bonds is 11. The van der Waals surface area contributed by atoms with Gasteiger partial charge >= 0.3 is 0 Å². The maximum Gasteiger partial charge on any atom is 0.0214 e. The van der Waals surface area contributed by atoms with E-state index in [0.29, 0.717) is 6.04 Å². The summed E-state index contributed by atoms with van der Waals surface area (Å²) in [4.78, 5) is 0. The van der Waals surface area contributed by atoms with Crippen molar-refractivity contribution >= 4 is 43.1 Å². The molecule has 0 spiro atoms. The predicted molar refractivity (Wildman–Crippen MR) is 168 cm³/mol. The average molecular weight is 512 g/mol. The summed E-state index contributed by atoms with van der Waals surface area (Å²) in [6.07, 6.45) is 1.10. The van der Waals surface area contributed by atoms with Crippen LogP contribution < -0.4 is 16.0 Å². The predicted octanol–water partition coefficient (Wildman–Crippen LogP) is 7.55. The molecule has 0 heterocycles. The van der Waals surface area contributed by atoms with Crippen LogP contribution in [0.1, 0.15) is 24.5 Å². The molecule has 0 radical (unpaired) electrons. The van der Waals surface area contributed by atoms with Crippen LogP contribution in [0.4, 0.5) is 0 Å². The minimum atomic E-state index is 0.396. The van der Waals surface area contributed by atoms with Crippen LogP contribution in [0.25, 0.3) is 43.1 Å². The van der Waals surface area contributed by atoms with Gasteiger partial charge in [-0.3, -0.25) is 0 Å². The van der Waals surface area contributed by atoms with Crippen molar-refractivity contribution in [1.29, 1.82) is 0 Å². The summed E-state index contributed by atoms with van der Waals surface area (Å²) in [5.41, 5.74) is 2.73. The highest BCUT2D eigenvalue weighted by molar-refractivity contribution is 6.09. The Morgan fingerprint density at radius 3 is 1.56 bits per heavy atom. The minimum absolute atomic E-state index is 0.396. The first-order valence-electron chi connectivity index (χ1n) is 14.2. The molecule has 39 heavy (non-hydrogen) atoms. The van der Waals surface area contributed by atoms with Gasteiger partial charge in [0.25, 0.3) is 0 Å². The molecule has 0 bridgehead atoms. The van der Waals surface area contributed by atoms with Gasteiger partial charge in [0.05, 0.1) is 0 Å². The van der Waals surface area contributed by atoms with Gasteiger partial charge in [0.1, 0.15) is 0 Å². The monoisotopic (exact) mass is 511 g/mol. The van der Waals surface area contributed by atoms with E-state index in [9.17, 15) is 0 Å². The van der Waals surface area contributed by atoms with E-state index >= 15 is 0 Å². The van der Waals surface area contributed by atoms with Gasteiger partial charge in [-0.2, -0.15) is 0 Å². The number of hydrogen-bond donors (Lipinski definition) is 3. The van der Waals surface area contributed by atoms with Crippen molar-refractivity contribution in [1.82, 2.24) is 16.0 Å². The lowest BCUT2D eigenvalue weighted by molar-refractivity contribution is 0.494. The Morgan fingerprint density at radius 1 is 0.513 bits per heavy atom. The van der Waals surface area contributed by atoms with Gasteiger partial charge in [0.15, 0.2) is 0 Å². The van der Waals surface area contributed by atoms with E-state index in [1.807, 2.05) is 0 Å². The summed E-state index contributed by atoms with van der Waals surface area (Å²) in [6, 6.07) is 40.0. The zero-order valence-electron chi connectivity index (χ0n) is 22.7. The molecule has 0 fully saturated rings. The van der Waals surface area contributed by atoms with Crippen molar-refractivity contribution in [2.45, 2.75) is 32.5 Å². The fourth-order valence-electron chi connectivity index (χ4n) is 5.79. The zero-order chi connectivity index (χ0) is 26.4. The van der Waals surface area contributed by atoms with E-state index in [2.05, 4.69) is 132 Å². The molecule has 6 aromatic rings. The third-order valence-electron chi connectivity index (χ3n) is 7.82. The molecule has 0 saturated carbocycles. The molecule has 1 atom stereocenters. The van der Waals surface area contributed by atoms with Crippen LogP contribution in [0, 0.1) is 0 Å². The number of hydrogen-bond acceptors (Lipinski definition) is 3. The third kappa shape index (κ3) is 5.67. The van der Waals surface area contributed by atoms with Gasteiger partial charge in [0, 0.05) is 25.7 Å². The molecular weight excluding hydrogens is 474 g/mol. The van der Waals surface area contributed by atoms with E-state index in [4.69, 9.17) is 0 Å². The Morgan fingerprint density at radius 2 is 0.974 bits per heavy atom. The van der Waals surface area contributed by atoms with Crippen LogP contribution in [0.3, 0.4) is 0 Å². The summed E-state index contributed by atoms with van der Waals surface area (Å²) in [5, 5.41) is 21.7. The van der Waals surface area contributed by atoms with E-state index in [1.165, 1.54) is 54.2 Å². The summed E-state index contributed by atoms with van der Waals surface area (Å²) < 4.78 is 0. The maximum atomic E-state index is 3.73. The summed E-state index contributed by atoms with van der Waals surface area (Å²) in [6.45, 7) is 6.99. The Balaban J connectivity index is 0.967. The molecule has 0 aliphatic heterocycles. The fraction of sp³-hybridized carbons (Fsp3) is 0.222. The van der Waals surface area contributed by atoms with E-state index in [-0.39, 0.29) is 0 Å². The standard InChI is InChI=1S/C36H37N3/c1-26(39-25-30-22-28-12-3-5-14-32(28)36-18-9-7-16-34(30)36)23-37-19-10-20-38-24-29-21-27-11-2-4-13-31(27)35-17-8-6-15-33(29)35/h2-9,11-18,21-22,26,37-39H,10,19-20,23-25H2,1H3. The Bertz CT molecular complexity index is 1720. The molecule has 0 aliphatic carbocycles. The molecule has 0 aliphatic rings. The van der Waals surface area contributed by atoms with Crippen molar-refractivity contribution in [3.63, 3.8) is 0 Å². The second-order valence-corrected chi connectivity index (χ2v) is 10.6. The van der Waals surface area contributed by atoms with Crippen LogP contribution in [0.5, 0.6) is 0 Å². The smallest absolute Gasteiger partial charge is 0.0214 e. The quantitative estimate of drug-likeness (QED) is 0.124. The third-order valence-corrected chi connectivity index (χ3v) is 7.82. The molecule has 3 heteroatoms. The summed E-state index contributed by atoms with van der Waals surface area (Å²) in [5.74, 6) is 0. The van der Waals surface area contributed by atoms with Gasteiger partial charge < -0.3 is 16.0 Å². The molecule has 3 nitrogen and oxygen atoms in total. The van der Waals surface area contributed by atoms with Gasteiger partial charge in [-0.25, -0.2) is 0 Å². The highest BCUT2D eigenvalue weighted by atomic mass is 15.0. The SMILES string of the molecule is CC(CNCCCNCc1cc2ccccc2c2ccccc12)NCc1cc2ccccc2c2ccccc12. The van der Waals surface area contributed by atoms with Crippen molar-refractivity contribution < 1.29 is 0 Å². The van der Waals surface area contributed by atoms with E-state index in [0.717, 1.165) is 39.1 Å². The topological polar surface area (TPSA) is 36.1 Å². The van der Waals surface area contributed by atoms with Crippen molar-refractivity contribution in [3.05, 3.63) is 120 Å². The molecule has 6 aromatic carbocycles. The van der Waals surface area contributed by atoms with Gasteiger partial charge in [-0.05, 0) is 92.8 Å². The highest BCUT2D eigenvalue weighted by Gasteiger charge is 2.08. The lowest BCUT2D eigenvalue weighted by atomic mass is 9.97. The molecule has 0 aromatic heterocycles. The molecule has 3 N–H and O–H groups in total. The van der Waals surface area contributed by atoms with Gasteiger partial charge in [-0.15, -0.1) is 0 Å². The zero-order valence-corrected chi connectivity index (χ0v) is 22.7. The van der Waals surface area contributed by atoms with Crippen LogP contribution in [0.2, 0.25) is 0 Å². The molecule has 1 unspecified atom stereocenters. The Hall–Kier alpha value is -3.76. The van der Waals surface area contributed by atoms with E-state index in [1.54, 1.807) is 0 Å². The molecular formula is C36H37N3. The van der Waals surface area contributed by atoms with Crippen molar-refractivity contribution in [3.8, 4) is 0 Å². The summed E-state index contributed by atoms with van der Waals surface area (Å²) in [7, 11) is 0. The highest BCUT2D eigenvalue weighted by Crippen LogP contribution is 2.29. The molecule has 0 amide bonds. The van der Waals surface area contributed by atoms with Gasteiger partial charge in [0.2, 0.25) is 0 Å². The number of fused-ring (bicyclic) bond motifs is 6. The van der Waals surface area contributed by atoms with Gasteiger partial charge in [-0.1, -0.05) is 97.1 Å². The average Bonchev–Trinajstić information content (AvgIpc) is 2.99. The lowest BCUT2D eigenvalue weighted by Crippen LogP contribution is -2.36. The van der Waals surface area contributed by atoms with Crippen LogP contribution in [-0.4, -0.2) is 25.7 Å². The first kappa shape index (κ1) is 25.5. The minimum Gasteiger partial charge on any atom is -0.315 e. The van der Waals surface area contributed by atoms with Crippen LogP contribution in [-0.2, 0) is 13.1 Å². The number of benzene rings is 6. The molecule has 6 rings (SSSR count). The molecule has 0 saturated heterocycles. The van der Waals surface area contributed by atoms with Crippen molar-refractivity contribution in [2.24, 2.45) is 0 Å². The normalized spacial score (nSPS) is 12.5. The number of nitrogens with one attached hydrogen (secondary N) is 3. The fourth-order valence-corrected chi connectivity index (χ4v) is 5.79. The first-order chi connectivity index (χ1) is 19.3. The second-order valence-electron chi connectivity index (χ2n) is 10.6. The molecule has 196 valence electrons. The maximum absolute atomic E-state index is 3.73. The van der Waals surface area contributed by atoms with Crippen LogP contribution >= 0.6 is 0 Å². The van der Waals surface area contributed by atoms with Crippen molar-refractivity contribution in [2.75, 3.05) is 19.6 Å². The Kier molecular flexibility index (Phi) is 7.83. The van der Waals surface area contributed by atoms with Crippen LogP contribution in [0.15, 0.2) is 109 Å². The summed E-state index contributed by atoms with van der Waals surface area (Å²) >= 11 is 0.